The van der Waals surface area contributed by atoms with Crippen LogP contribution in [0.3, 0.4) is 0 Å². The number of rotatable bonds is 4. The van der Waals surface area contributed by atoms with Gasteiger partial charge in [-0.25, -0.2) is 0 Å². The Labute approximate surface area is 75.4 Å². The van der Waals surface area contributed by atoms with Crippen molar-refractivity contribution >= 4 is 14.3 Å². The summed E-state index contributed by atoms with van der Waals surface area (Å²) < 4.78 is 5.23. The molecule has 1 atom stereocenters. The minimum atomic E-state index is -1.74. The Balaban J connectivity index is 3.87. The van der Waals surface area contributed by atoms with Crippen LogP contribution in [0.25, 0.3) is 0 Å². The number of hydrogen-bond acceptors (Lipinski definition) is 3. The Bertz CT molecular complexity index is 154. The van der Waals surface area contributed by atoms with Crippen molar-refractivity contribution in [3.63, 3.8) is 0 Å². The van der Waals surface area contributed by atoms with E-state index >= 15 is 0 Å². The minimum absolute atomic E-state index is 0.240. The van der Waals surface area contributed by atoms with Crippen molar-refractivity contribution < 1.29 is 9.22 Å². The Morgan fingerprint density at radius 2 is 2.00 bits per heavy atom. The van der Waals surface area contributed by atoms with E-state index in [1.807, 2.05) is 26.6 Å². The maximum absolute atomic E-state index is 11.2. The molecule has 1 unspecified atom stereocenters. The van der Waals surface area contributed by atoms with Gasteiger partial charge in [0, 0.05) is 0 Å². The summed E-state index contributed by atoms with van der Waals surface area (Å²) in [5.41, 5.74) is 5.58. The molecule has 0 aromatic rings. The van der Waals surface area contributed by atoms with Gasteiger partial charge in [0.1, 0.15) is 6.04 Å². The number of hydrogen-bond donors (Lipinski definition) is 1. The van der Waals surface area contributed by atoms with Crippen LogP contribution < -0.4 is 5.73 Å². The molecule has 0 aliphatic heterocycles. The molecule has 0 aliphatic rings. The number of nitrogens with two attached hydrogens (primary N) is 1. The summed E-state index contributed by atoms with van der Waals surface area (Å²) in [4.78, 5) is 11.2. The van der Waals surface area contributed by atoms with Crippen molar-refractivity contribution in [2.45, 2.75) is 45.4 Å². The van der Waals surface area contributed by atoms with Crippen LogP contribution in [-0.4, -0.2) is 20.3 Å². The highest BCUT2D eigenvalue weighted by atomic mass is 28.4. The predicted octanol–water partition coefficient (Wildman–Crippen LogP) is 1.49. The van der Waals surface area contributed by atoms with E-state index in [4.69, 9.17) is 10.2 Å². The molecule has 0 aliphatic carbocycles. The molecule has 12 heavy (non-hydrogen) atoms. The zero-order valence-corrected chi connectivity index (χ0v) is 9.39. The molecular formula is C8H19NO2Si. The monoisotopic (exact) mass is 189 g/mol. The van der Waals surface area contributed by atoms with Crippen molar-refractivity contribution in [3.8, 4) is 0 Å². The minimum Gasteiger partial charge on any atom is -0.519 e. The third kappa shape index (κ3) is 5.32. The second-order valence-corrected chi connectivity index (χ2v) is 8.36. The van der Waals surface area contributed by atoms with Crippen LogP contribution in [0.1, 0.15) is 19.8 Å². The van der Waals surface area contributed by atoms with E-state index in [0.29, 0.717) is 6.42 Å². The van der Waals surface area contributed by atoms with Gasteiger partial charge in [0.25, 0.3) is 0 Å². The van der Waals surface area contributed by atoms with Crippen molar-refractivity contribution in [2.24, 2.45) is 5.73 Å². The highest BCUT2D eigenvalue weighted by molar-refractivity contribution is 6.71. The molecule has 0 amide bonds. The molecule has 0 saturated carbocycles. The van der Waals surface area contributed by atoms with Gasteiger partial charge in [0.05, 0.1) is 0 Å². The lowest BCUT2D eigenvalue weighted by Gasteiger charge is -2.20. The Morgan fingerprint density at radius 1 is 1.50 bits per heavy atom. The van der Waals surface area contributed by atoms with E-state index in [2.05, 4.69) is 0 Å². The third-order valence-corrected chi connectivity index (χ3v) is 2.12. The average molecular weight is 189 g/mol. The van der Waals surface area contributed by atoms with Gasteiger partial charge in [0.2, 0.25) is 8.32 Å². The standard InChI is InChI=1S/C8H19NO2Si/c1-5-6-7(9)8(10)11-12(2,3)4/h7H,5-6,9H2,1-4H3. The lowest BCUT2D eigenvalue weighted by molar-refractivity contribution is -0.136. The molecule has 0 bridgehead atoms. The van der Waals surface area contributed by atoms with Crippen molar-refractivity contribution in [1.29, 1.82) is 0 Å². The summed E-state index contributed by atoms with van der Waals surface area (Å²) >= 11 is 0. The summed E-state index contributed by atoms with van der Waals surface area (Å²) in [7, 11) is -1.74. The second-order valence-electron chi connectivity index (χ2n) is 3.93. The van der Waals surface area contributed by atoms with E-state index in [0.717, 1.165) is 6.42 Å². The van der Waals surface area contributed by atoms with Crippen LogP contribution in [0.5, 0.6) is 0 Å². The summed E-state index contributed by atoms with van der Waals surface area (Å²) in [6, 6.07) is -0.429. The molecule has 0 spiro atoms. The lowest BCUT2D eigenvalue weighted by Crippen LogP contribution is -2.39. The van der Waals surface area contributed by atoms with Gasteiger partial charge in [0.15, 0.2) is 0 Å². The molecule has 3 nitrogen and oxygen atoms in total. The smallest absolute Gasteiger partial charge is 0.309 e. The van der Waals surface area contributed by atoms with Crippen molar-refractivity contribution in [2.75, 3.05) is 0 Å². The topological polar surface area (TPSA) is 52.3 Å². The van der Waals surface area contributed by atoms with Crippen molar-refractivity contribution in [1.82, 2.24) is 0 Å². The van der Waals surface area contributed by atoms with Gasteiger partial charge < -0.3 is 10.2 Å². The summed E-state index contributed by atoms with van der Waals surface area (Å²) in [6.07, 6.45) is 1.63. The number of carbonyl (C=O) groups excluding carboxylic acids is 1. The predicted molar refractivity (Wildman–Crippen MR) is 52.3 cm³/mol. The van der Waals surface area contributed by atoms with Gasteiger partial charge in [-0.1, -0.05) is 13.3 Å². The SMILES string of the molecule is CCCC(N)C(=O)O[Si](C)(C)C. The van der Waals surface area contributed by atoms with Crippen LogP contribution >= 0.6 is 0 Å². The quantitative estimate of drug-likeness (QED) is 0.682. The lowest BCUT2D eigenvalue weighted by atomic mass is 10.2. The van der Waals surface area contributed by atoms with E-state index in [9.17, 15) is 4.79 Å². The highest BCUT2D eigenvalue weighted by Gasteiger charge is 2.23. The molecule has 0 aromatic carbocycles. The molecule has 4 heteroatoms. The van der Waals surface area contributed by atoms with Crippen LogP contribution in [0.2, 0.25) is 19.6 Å². The van der Waals surface area contributed by atoms with Crippen molar-refractivity contribution in [3.05, 3.63) is 0 Å². The zero-order chi connectivity index (χ0) is 9.78. The first-order valence-corrected chi connectivity index (χ1v) is 7.76. The van der Waals surface area contributed by atoms with Crippen LogP contribution in [0.15, 0.2) is 0 Å². The maximum atomic E-state index is 11.2. The van der Waals surface area contributed by atoms with E-state index in [-0.39, 0.29) is 5.97 Å². The van der Waals surface area contributed by atoms with Gasteiger partial charge in [-0.3, -0.25) is 4.79 Å². The molecular weight excluding hydrogens is 170 g/mol. The zero-order valence-electron chi connectivity index (χ0n) is 8.39. The van der Waals surface area contributed by atoms with Gasteiger partial charge in [-0.2, -0.15) is 0 Å². The van der Waals surface area contributed by atoms with E-state index in [1.54, 1.807) is 0 Å². The Hall–Kier alpha value is -0.353. The fourth-order valence-corrected chi connectivity index (χ4v) is 1.56. The van der Waals surface area contributed by atoms with Gasteiger partial charge >= 0.3 is 5.97 Å². The van der Waals surface area contributed by atoms with Crippen LogP contribution in [-0.2, 0) is 9.22 Å². The number of carbonyl (C=O) groups is 1. The molecule has 2 N–H and O–H groups in total. The normalized spacial score (nSPS) is 14.1. The molecule has 72 valence electrons. The van der Waals surface area contributed by atoms with E-state index in [1.165, 1.54) is 0 Å². The van der Waals surface area contributed by atoms with Crippen LogP contribution in [0, 0.1) is 0 Å². The molecule has 0 rings (SSSR count). The van der Waals surface area contributed by atoms with E-state index < -0.39 is 14.4 Å². The first-order valence-electron chi connectivity index (χ1n) is 4.35. The van der Waals surface area contributed by atoms with Crippen LogP contribution in [0.4, 0.5) is 0 Å². The maximum Gasteiger partial charge on any atom is 0.309 e. The largest absolute Gasteiger partial charge is 0.519 e. The molecule has 0 aromatic heterocycles. The first-order chi connectivity index (χ1) is 5.37. The van der Waals surface area contributed by atoms with Gasteiger partial charge in [-0.15, -0.1) is 0 Å². The highest BCUT2D eigenvalue weighted by Crippen LogP contribution is 2.05. The molecule has 0 heterocycles. The summed E-state index contributed by atoms with van der Waals surface area (Å²) in [6.45, 7) is 7.93. The molecule has 0 saturated heterocycles. The van der Waals surface area contributed by atoms with Gasteiger partial charge in [-0.05, 0) is 26.1 Å². The Morgan fingerprint density at radius 3 is 2.33 bits per heavy atom. The Kier molecular flexibility index (Phi) is 4.48. The average Bonchev–Trinajstić information content (AvgIpc) is 1.84. The summed E-state index contributed by atoms with van der Waals surface area (Å²) in [5, 5.41) is 0. The second kappa shape index (κ2) is 4.62. The molecule has 0 fully saturated rings. The first kappa shape index (κ1) is 11.6. The summed E-state index contributed by atoms with van der Waals surface area (Å²) in [5.74, 6) is -0.240. The molecule has 0 radical (unpaired) electrons. The fourth-order valence-electron chi connectivity index (χ4n) is 0.806. The third-order valence-electron chi connectivity index (χ3n) is 1.31. The fraction of sp³-hybridized carbons (Fsp3) is 0.875.